The Kier molecular flexibility index (Phi) is 4.26. The molecule has 0 aliphatic carbocycles. The second kappa shape index (κ2) is 6.74. The fraction of sp³-hybridized carbons (Fsp3) is 0.235. The van der Waals surface area contributed by atoms with Gasteiger partial charge in [0.05, 0.1) is 0 Å². The third kappa shape index (κ3) is 2.90. The van der Waals surface area contributed by atoms with Crippen molar-refractivity contribution >= 4 is 17.0 Å². The second-order valence-corrected chi connectivity index (χ2v) is 5.89. The van der Waals surface area contributed by atoms with Crippen LogP contribution in [0.1, 0.15) is 11.8 Å². The Morgan fingerprint density at radius 1 is 1.22 bits per heavy atom. The number of ether oxygens (including phenoxy) is 2. The van der Waals surface area contributed by atoms with Gasteiger partial charge in [-0.1, -0.05) is 30.3 Å². The predicted molar refractivity (Wildman–Crippen MR) is 93.4 cm³/mol. The van der Waals surface area contributed by atoms with Crippen LogP contribution in [-0.4, -0.2) is 47.5 Å². The molecule has 3 aromatic rings. The summed E-state index contributed by atoms with van der Waals surface area (Å²) >= 11 is 0. The van der Waals surface area contributed by atoms with Gasteiger partial charge in [0.15, 0.2) is 34.6 Å². The Labute approximate surface area is 153 Å². The van der Waals surface area contributed by atoms with E-state index in [1.54, 1.807) is 0 Å². The van der Waals surface area contributed by atoms with Crippen molar-refractivity contribution in [3.05, 3.63) is 53.7 Å². The molecule has 0 amide bonds. The molecule has 1 aliphatic heterocycles. The smallest absolute Gasteiger partial charge is 0.302 e. The zero-order valence-electron chi connectivity index (χ0n) is 14.1. The Bertz CT molecular complexity index is 1000. The maximum atomic E-state index is 10.3. The molecule has 3 heterocycles. The molecule has 10 heteroatoms. The number of rotatable bonds is 5. The fourth-order valence-electron chi connectivity index (χ4n) is 2.84. The molecule has 4 rings (SSSR count). The lowest BCUT2D eigenvalue weighted by Crippen LogP contribution is -2.23. The first-order valence-electron chi connectivity index (χ1n) is 8.13. The van der Waals surface area contributed by atoms with Gasteiger partial charge in [-0.3, -0.25) is 0 Å². The van der Waals surface area contributed by atoms with Crippen LogP contribution in [0.3, 0.4) is 0 Å². The minimum absolute atomic E-state index is 0.0806. The van der Waals surface area contributed by atoms with Gasteiger partial charge in [0, 0.05) is 0 Å². The topological polar surface area (TPSA) is 149 Å². The lowest BCUT2D eigenvalue weighted by molar-refractivity contribution is -0.0172. The van der Waals surface area contributed by atoms with Crippen molar-refractivity contribution in [2.75, 3.05) is 12.3 Å². The van der Waals surface area contributed by atoms with Gasteiger partial charge >= 0.3 is 6.01 Å². The zero-order valence-corrected chi connectivity index (χ0v) is 14.1. The number of fused-ring (bicyclic) bond motifs is 1. The average molecular weight is 371 g/mol. The van der Waals surface area contributed by atoms with E-state index in [0.717, 1.165) is 5.56 Å². The quantitative estimate of drug-likeness (QED) is 0.507. The minimum Gasteiger partial charge on any atom is -0.506 e. The van der Waals surface area contributed by atoms with E-state index in [9.17, 15) is 15.3 Å². The number of nitrogens with two attached hydrogens (primary N) is 1. The fourth-order valence-corrected chi connectivity index (χ4v) is 2.84. The summed E-state index contributed by atoms with van der Waals surface area (Å²) in [6, 6.07) is 9.51. The molecule has 10 nitrogen and oxygen atoms in total. The molecular formula is C17H17N5O5. The van der Waals surface area contributed by atoms with E-state index in [-0.39, 0.29) is 35.4 Å². The SMILES string of the molecule is Nc1ncnc2c1nc(OCc1ccccc1)n2[C@@H]1OC(CO)=C(O)C1O. The van der Waals surface area contributed by atoms with Crippen molar-refractivity contribution in [3.8, 4) is 6.01 Å². The standard InChI is InChI=1S/C17H17N5O5/c18-14-11-15(20-8-19-14)22(16-13(25)12(24)10(6-23)27-16)17(21-11)26-7-9-4-2-1-3-5-9/h1-5,8,13,16,23-25H,6-7H2,(H2,18,19,20)/t13?,16-/m1/s1. The summed E-state index contributed by atoms with van der Waals surface area (Å²) < 4.78 is 12.7. The Hall–Kier alpha value is -3.37. The van der Waals surface area contributed by atoms with E-state index in [2.05, 4.69) is 15.0 Å². The van der Waals surface area contributed by atoms with Gasteiger partial charge in [-0.05, 0) is 5.56 Å². The van der Waals surface area contributed by atoms with Gasteiger partial charge in [0.25, 0.3) is 0 Å². The maximum Gasteiger partial charge on any atom is 0.302 e. The van der Waals surface area contributed by atoms with Crippen LogP contribution in [0.15, 0.2) is 48.2 Å². The third-order valence-electron chi connectivity index (χ3n) is 4.18. The summed E-state index contributed by atoms with van der Waals surface area (Å²) in [6.45, 7) is -0.365. The first-order valence-corrected chi connectivity index (χ1v) is 8.13. The Morgan fingerprint density at radius 3 is 2.70 bits per heavy atom. The van der Waals surface area contributed by atoms with Crippen LogP contribution in [0.2, 0.25) is 0 Å². The highest BCUT2D eigenvalue weighted by Crippen LogP contribution is 2.37. The Morgan fingerprint density at radius 2 is 2.00 bits per heavy atom. The van der Waals surface area contributed by atoms with Crippen molar-refractivity contribution < 1.29 is 24.8 Å². The third-order valence-corrected chi connectivity index (χ3v) is 4.18. The molecular weight excluding hydrogens is 354 g/mol. The zero-order chi connectivity index (χ0) is 19.0. The van der Waals surface area contributed by atoms with Crippen molar-refractivity contribution in [1.29, 1.82) is 0 Å². The maximum absolute atomic E-state index is 10.3. The average Bonchev–Trinajstić information content (AvgIpc) is 3.19. The number of aliphatic hydroxyl groups is 3. The molecule has 0 bridgehead atoms. The van der Waals surface area contributed by atoms with E-state index in [1.807, 2.05) is 30.3 Å². The largest absolute Gasteiger partial charge is 0.506 e. The van der Waals surface area contributed by atoms with Crippen molar-refractivity contribution in [3.63, 3.8) is 0 Å². The summed E-state index contributed by atoms with van der Waals surface area (Å²) in [5, 5.41) is 29.6. The van der Waals surface area contributed by atoms with Gasteiger partial charge < -0.3 is 30.5 Å². The molecule has 2 atom stereocenters. The number of nitrogens with zero attached hydrogens (tertiary/aromatic N) is 4. The van der Waals surface area contributed by atoms with Gasteiger partial charge in [0.1, 0.15) is 19.5 Å². The van der Waals surface area contributed by atoms with E-state index >= 15 is 0 Å². The monoisotopic (exact) mass is 371 g/mol. The molecule has 0 saturated carbocycles. The van der Waals surface area contributed by atoms with Crippen molar-refractivity contribution in [2.24, 2.45) is 0 Å². The highest BCUT2D eigenvalue weighted by Gasteiger charge is 2.39. The summed E-state index contributed by atoms with van der Waals surface area (Å²) in [5.41, 5.74) is 7.31. The number of imidazole rings is 1. The van der Waals surface area contributed by atoms with Crippen molar-refractivity contribution in [2.45, 2.75) is 18.9 Å². The number of hydrogen-bond acceptors (Lipinski definition) is 9. The molecule has 0 saturated heterocycles. The molecule has 5 N–H and O–H groups in total. The molecule has 1 aliphatic rings. The van der Waals surface area contributed by atoms with Crippen LogP contribution in [0.25, 0.3) is 11.2 Å². The second-order valence-electron chi connectivity index (χ2n) is 5.89. The summed E-state index contributed by atoms with van der Waals surface area (Å²) in [5.74, 6) is -0.457. The summed E-state index contributed by atoms with van der Waals surface area (Å²) in [6.07, 6.45) is -1.31. The highest BCUT2D eigenvalue weighted by molar-refractivity contribution is 5.82. The van der Waals surface area contributed by atoms with Gasteiger partial charge in [-0.15, -0.1) is 0 Å². The van der Waals surface area contributed by atoms with Crippen molar-refractivity contribution in [1.82, 2.24) is 19.5 Å². The molecule has 27 heavy (non-hydrogen) atoms. The lowest BCUT2D eigenvalue weighted by Gasteiger charge is -2.19. The first kappa shape index (κ1) is 17.1. The number of hydrogen-bond donors (Lipinski definition) is 4. The van der Waals surface area contributed by atoms with E-state index < -0.39 is 24.7 Å². The van der Waals surface area contributed by atoms with Crippen LogP contribution in [0.4, 0.5) is 5.82 Å². The van der Waals surface area contributed by atoms with E-state index in [0.29, 0.717) is 0 Å². The van der Waals surface area contributed by atoms with Crippen LogP contribution in [0.5, 0.6) is 6.01 Å². The predicted octanol–water partition coefficient (Wildman–Crippen LogP) is 0.639. The molecule has 2 aromatic heterocycles. The van der Waals surface area contributed by atoms with E-state index in [1.165, 1.54) is 10.9 Å². The molecule has 1 aromatic carbocycles. The number of aliphatic hydroxyl groups excluding tert-OH is 3. The van der Waals surface area contributed by atoms with Gasteiger partial charge in [-0.25, -0.2) is 14.5 Å². The van der Waals surface area contributed by atoms with Crippen LogP contribution >= 0.6 is 0 Å². The molecule has 1 unspecified atom stereocenters. The molecule has 140 valence electrons. The highest BCUT2D eigenvalue weighted by atomic mass is 16.6. The van der Waals surface area contributed by atoms with E-state index in [4.69, 9.17) is 15.2 Å². The number of benzene rings is 1. The van der Waals surface area contributed by atoms with Gasteiger partial charge in [-0.2, -0.15) is 4.98 Å². The first-order chi connectivity index (χ1) is 13.1. The molecule has 0 spiro atoms. The number of aromatic nitrogens is 4. The summed E-state index contributed by atoms with van der Waals surface area (Å²) in [4.78, 5) is 12.4. The number of anilines is 1. The van der Waals surface area contributed by atoms with Crippen LogP contribution in [-0.2, 0) is 11.3 Å². The normalized spacial score (nSPS) is 19.5. The summed E-state index contributed by atoms with van der Waals surface area (Å²) in [7, 11) is 0. The number of nitrogen functional groups attached to an aromatic ring is 1. The Balaban J connectivity index is 1.75. The molecule has 0 radical (unpaired) electrons. The lowest BCUT2D eigenvalue weighted by atomic mass is 10.2. The minimum atomic E-state index is -1.43. The molecule has 0 fully saturated rings. The van der Waals surface area contributed by atoms with Gasteiger partial charge in [0.2, 0.25) is 6.23 Å². The van der Waals surface area contributed by atoms with Crippen LogP contribution in [0, 0.1) is 0 Å². The van der Waals surface area contributed by atoms with Crippen LogP contribution < -0.4 is 10.5 Å².